The lowest BCUT2D eigenvalue weighted by atomic mass is 9.85. The van der Waals surface area contributed by atoms with Crippen LogP contribution >= 0.6 is 0 Å². The van der Waals surface area contributed by atoms with Crippen molar-refractivity contribution in [2.75, 3.05) is 62.8 Å². The number of anilines is 2. The standard InChI is InChI=1S/C34H44F3N5O3/c1-23-26-9-8-10-28(30(26)35)34(36,37)24-11-14-41(15-12-24)13-6-4-3-5-7-18-45-29-22-25(42-16-19-44-20-17-42)21-27-31(29)40(2)33(43)39-32(27)38-23/h8-10,21-24H,3-7,11-20H2,1-2H3,(H,38,39,43)/t23-/m1/s1. The number of benzene rings is 2. The summed E-state index contributed by atoms with van der Waals surface area (Å²) < 4.78 is 61.3. The molecular formula is C34H44F3N5O3. The Hall–Kier alpha value is -3.31. The average Bonchev–Trinajstić information content (AvgIpc) is 3.04. The van der Waals surface area contributed by atoms with E-state index >= 15 is 13.2 Å². The van der Waals surface area contributed by atoms with Crippen LogP contribution in [-0.2, 0) is 17.7 Å². The minimum Gasteiger partial charge on any atom is -0.491 e. The number of rotatable bonds is 1. The summed E-state index contributed by atoms with van der Waals surface area (Å²) in [5.74, 6) is -4.30. The van der Waals surface area contributed by atoms with Gasteiger partial charge >= 0.3 is 5.69 Å². The Morgan fingerprint density at radius 1 is 0.956 bits per heavy atom. The summed E-state index contributed by atoms with van der Waals surface area (Å²) in [6.07, 6.45) is 5.71. The number of ether oxygens (including phenoxy) is 2. The quantitative estimate of drug-likeness (QED) is 0.343. The molecule has 244 valence electrons. The second-order valence-electron chi connectivity index (χ2n) is 12.7. The van der Waals surface area contributed by atoms with Crippen LogP contribution in [0.3, 0.4) is 0 Å². The molecule has 3 aromatic rings. The van der Waals surface area contributed by atoms with Crippen molar-refractivity contribution in [1.82, 2.24) is 14.5 Å². The van der Waals surface area contributed by atoms with Crippen LogP contribution in [0, 0.1) is 11.7 Å². The van der Waals surface area contributed by atoms with Crippen LogP contribution in [-0.4, -0.2) is 67.0 Å². The van der Waals surface area contributed by atoms with Crippen molar-refractivity contribution in [2.24, 2.45) is 13.0 Å². The highest BCUT2D eigenvalue weighted by Crippen LogP contribution is 2.44. The predicted octanol–water partition coefficient (Wildman–Crippen LogP) is 6.23. The van der Waals surface area contributed by atoms with Gasteiger partial charge in [-0.2, -0.15) is 4.98 Å². The third kappa shape index (κ3) is 6.65. The van der Waals surface area contributed by atoms with Gasteiger partial charge < -0.3 is 24.6 Å². The first kappa shape index (κ1) is 31.7. The first-order valence-electron chi connectivity index (χ1n) is 16.4. The third-order valence-electron chi connectivity index (χ3n) is 9.70. The molecule has 7 rings (SSSR count). The number of nitrogens with one attached hydrogen (secondary N) is 1. The molecule has 0 amide bonds. The van der Waals surface area contributed by atoms with Gasteiger partial charge in [-0.05, 0) is 58.3 Å². The molecule has 2 saturated heterocycles. The van der Waals surface area contributed by atoms with Crippen molar-refractivity contribution >= 4 is 22.4 Å². The van der Waals surface area contributed by atoms with Crippen LogP contribution in [0.2, 0.25) is 0 Å². The maximum absolute atomic E-state index is 16.0. The number of aromatic nitrogens is 2. The largest absolute Gasteiger partial charge is 0.491 e. The average molecular weight is 628 g/mol. The van der Waals surface area contributed by atoms with E-state index in [4.69, 9.17) is 9.47 Å². The monoisotopic (exact) mass is 627 g/mol. The number of hydrogen-bond acceptors (Lipinski definition) is 7. The molecule has 5 heterocycles. The molecule has 4 aliphatic heterocycles. The highest BCUT2D eigenvalue weighted by molar-refractivity contribution is 5.96. The molecule has 2 fully saturated rings. The second-order valence-corrected chi connectivity index (χ2v) is 12.7. The smallest absolute Gasteiger partial charge is 0.349 e. The summed E-state index contributed by atoms with van der Waals surface area (Å²) in [4.78, 5) is 21.9. The first-order chi connectivity index (χ1) is 21.7. The number of halogens is 3. The number of piperidine rings is 1. The Labute approximate surface area is 262 Å². The van der Waals surface area contributed by atoms with Gasteiger partial charge in [0.25, 0.3) is 5.92 Å². The van der Waals surface area contributed by atoms with Gasteiger partial charge in [-0.25, -0.2) is 18.0 Å². The Balaban J connectivity index is 1.42. The van der Waals surface area contributed by atoms with Gasteiger partial charge in [0.05, 0.1) is 36.9 Å². The molecule has 0 saturated carbocycles. The van der Waals surface area contributed by atoms with Crippen molar-refractivity contribution in [2.45, 2.75) is 63.8 Å². The molecule has 0 spiro atoms. The number of nitrogens with zero attached hydrogens (tertiary/aromatic N) is 4. The maximum atomic E-state index is 16.0. The van der Waals surface area contributed by atoms with Crippen molar-refractivity contribution in [3.8, 4) is 5.75 Å². The first-order valence-corrected chi connectivity index (χ1v) is 16.4. The van der Waals surface area contributed by atoms with Crippen molar-refractivity contribution in [1.29, 1.82) is 0 Å². The second kappa shape index (κ2) is 13.6. The Bertz CT molecular complexity index is 1550. The maximum Gasteiger partial charge on any atom is 0.349 e. The predicted molar refractivity (Wildman–Crippen MR) is 170 cm³/mol. The number of alkyl halides is 2. The van der Waals surface area contributed by atoms with E-state index in [-0.39, 0.29) is 11.4 Å². The lowest BCUT2D eigenvalue weighted by molar-refractivity contribution is -0.0880. The van der Waals surface area contributed by atoms with Crippen molar-refractivity contribution < 1.29 is 22.6 Å². The Kier molecular flexibility index (Phi) is 9.56. The molecular weight excluding hydrogens is 583 g/mol. The minimum atomic E-state index is -3.30. The van der Waals surface area contributed by atoms with Crippen LogP contribution in [0.25, 0.3) is 10.9 Å². The van der Waals surface area contributed by atoms with E-state index < -0.39 is 35.0 Å². The molecule has 8 bridgehead atoms. The van der Waals surface area contributed by atoms with Gasteiger partial charge in [-0.1, -0.05) is 37.5 Å². The SMILES string of the molecule is C[C@H]1Nc2nc(=O)n(C)c3c(cc(N4CCOCC4)cc23)OCCCCCCCN2CCC(CC2)C(F)(F)c2cccc1c2F. The minimum absolute atomic E-state index is 0.100. The van der Waals surface area contributed by atoms with Crippen LogP contribution in [0.5, 0.6) is 5.75 Å². The molecule has 4 aliphatic rings. The van der Waals surface area contributed by atoms with Crippen LogP contribution < -0.4 is 20.6 Å². The topological polar surface area (TPSA) is 71.9 Å². The van der Waals surface area contributed by atoms with E-state index in [1.54, 1.807) is 14.0 Å². The fraction of sp³-hybridized carbons (Fsp3) is 0.588. The zero-order valence-corrected chi connectivity index (χ0v) is 26.3. The van der Waals surface area contributed by atoms with E-state index in [0.29, 0.717) is 75.5 Å². The molecule has 2 aromatic carbocycles. The normalized spacial score (nSPS) is 24.8. The molecule has 0 radical (unpaired) electrons. The summed E-state index contributed by atoms with van der Waals surface area (Å²) >= 11 is 0. The van der Waals surface area contributed by atoms with Gasteiger partial charge in [0.15, 0.2) is 0 Å². The molecule has 0 unspecified atom stereocenters. The molecule has 1 atom stereocenters. The number of morpholine rings is 1. The molecule has 0 aliphatic carbocycles. The van der Waals surface area contributed by atoms with Crippen molar-refractivity contribution in [3.05, 3.63) is 57.8 Å². The molecule has 11 heteroatoms. The number of fused-ring (bicyclic) bond motifs is 10. The van der Waals surface area contributed by atoms with Crippen LogP contribution in [0.1, 0.15) is 69.0 Å². The molecule has 45 heavy (non-hydrogen) atoms. The van der Waals surface area contributed by atoms with Gasteiger partial charge in [0.2, 0.25) is 0 Å². The van der Waals surface area contributed by atoms with E-state index in [1.165, 1.54) is 22.8 Å². The van der Waals surface area contributed by atoms with Crippen LogP contribution in [0.4, 0.5) is 24.7 Å². The van der Waals surface area contributed by atoms with Crippen molar-refractivity contribution in [3.63, 3.8) is 0 Å². The summed E-state index contributed by atoms with van der Waals surface area (Å²) in [6.45, 7) is 6.91. The Morgan fingerprint density at radius 3 is 2.47 bits per heavy atom. The lowest BCUT2D eigenvalue weighted by Gasteiger charge is -2.36. The van der Waals surface area contributed by atoms with Gasteiger partial charge in [-0.3, -0.25) is 4.57 Å². The number of aryl methyl sites for hydroxylation is 1. The lowest BCUT2D eigenvalue weighted by Crippen LogP contribution is -2.40. The van der Waals surface area contributed by atoms with Gasteiger partial charge in [0, 0.05) is 48.8 Å². The van der Waals surface area contributed by atoms with Gasteiger partial charge in [0.1, 0.15) is 17.4 Å². The highest BCUT2D eigenvalue weighted by Gasteiger charge is 2.45. The molecule has 8 nitrogen and oxygen atoms in total. The van der Waals surface area contributed by atoms with Gasteiger partial charge in [-0.15, -0.1) is 0 Å². The fourth-order valence-electron chi connectivity index (χ4n) is 6.98. The summed E-state index contributed by atoms with van der Waals surface area (Å²) in [7, 11) is 1.66. The zero-order chi connectivity index (χ0) is 31.6. The highest BCUT2D eigenvalue weighted by atomic mass is 19.3. The van der Waals surface area contributed by atoms with E-state index in [0.717, 1.165) is 44.3 Å². The molecule has 1 N–H and O–H groups in total. The summed E-state index contributed by atoms with van der Waals surface area (Å²) in [5.41, 5.74) is 0.520. The zero-order valence-electron chi connectivity index (χ0n) is 26.3. The fourth-order valence-corrected chi connectivity index (χ4v) is 6.98. The molecule has 1 aromatic heterocycles. The summed E-state index contributed by atoms with van der Waals surface area (Å²) in [6, 6.07) is 7.39. The van der Waals surface area contributed by atoms with Crippen LogP contribution in [0.15, 0.2) is 35.1 Å². The summed E-state index contributed by atoms with van der Waals surface area (Å²) in [5, 5.41) is 3.85. The van der Waals surface area contributed by atoms with E-state index in [9.17, 15) is 4.79 Å². The third-order valence-corrected chi connectivity index (χ3v) is 9.70. The Morgan fingerprint density at radius 2 is 1.69 bits per heavy atom. The number of hydrogen-bond donors (Lipinski definition) is 1. The van der Waals surface area contributed by atoms with E-state index in [2.05, 4.69) is 20.1 Å². The van der Waals surface area contributed by atoms with E-state index in [1.807, 2.05) is 12.1 Å².